The Morgan fingerprint density at radius 2 is 1.76 bits per heavy atom. The molecule has 6 rings (SSSR count). The first-order valence-electron chi connectivity index (χ1n) is 12.3. The van der Waals surface area contributed by atoms with Crippen molar-refractivity contribution in [3.05, 3.63) is 48.6 Å². The predicted octanol–water partition coefficient (Wildman–Crippen LogP) is 2.36. The van der Waals surface area contributed by atoms with Crippen molar-refractivity contribution in [1.82, 2.24) is 28.4 Å². The van der Waals surface area contributed by atoms with Crippen molar-refractivity contribution in [2.24, 2.45) is 0 Å². The maximum absolute atomic E-state index is 14.9. The number of anilines is 2. The van der Waals surface area contributed by atoms with Crippen LogP contribution in [0.15, 0.2) is 42.1 Å². The van der Waals surface area contributed by atoms with Crippen LogP contribution in [0.25, 0.3) is 0 Å². The van der Waals surface area contributed by atoms with Gasteiger partial charge in [0.1, 0.15) is 36.7 Å². The highest BCUT2D eigenvalue weighted by Gasteiger charge is 2.52. The van der Waals surface area contributed by atoms with E-state index in [1.54, 1.807) is 11.2 Å². The third-order valence-electron chi connectivity index (χ3n) is 7.31. The summed E-state index contributed by atoms with van der Waals surface area (Å²) < 4.78 is 74.4. The Bertz CT molecular complexity index is 1570. The molecule has 0 radical (unpaired) electrons. The Balaban J connectivity index is 1.17. The summed E-state index contributed by atoms with van der Waals surface area (Å²) in [7, 11) is -7.31. The molecule has 3 aliphatic rings. The van der Waals surface area contributed by atoms with E-state index < -0.39 is 25.9 Å². The van der Waals surface area contributed by atoms with E-state index in [4.69, 9.17) is 4.74 Å². The maximum Gasteiger partial charge on any atom is 0.284 e. The summed E-state index contributed by atoms with van der Waals surface area (Å²) >= 11 is 0. The summed E-state index contributed by atoms with van der Waals surface area (Å²) in [5, 5.41) is 6.27. The predicted molar refractivity (Wildman–Crippen MR) is 133 cm³/mol. The molecule has 2 atom stereocenters. The molecule has 1 N–H and O–H groups in total. The van der Waals surface area contributed by atoms with Gasteiger partial charge in [-0.05, 0) is 50.8 Å². The average molecular weight is 564 g/mol. The second kappa shape index (κ2) is 9.24. The van der Waals surface area contributed by atoms with Crippen LogP contribution in [0.1, 0.15) is 44.1 Å². The smallest absolute Gasteiger partial charge is 0.284 e. The van der Waals surface area contributed by atoms with Gasteiger partial charge >= 0.3 is 0 Å². The van der Waals surface area contributed by atoms with Crippen LogP contribution in [0, 0.1) is 12.7 Å². The Kier molecular flexibility index (Phi) is 6.11. The molecule has 2 bridgehead atoms. The van der Waals surface area contributed by atoms with Crippen molar-refractivity contribution in [3.63, 3.8) is 0 Å². The minimum Gasteiger partial charge on any atom is -0.474 e. The lowest BCUT2D eigenvalue weighted by molar-refractivity contribution is 0.0910. The Hall–Kier alpha value is -3.17. The number of halogens is 1. The number of ether oxygens (including phenoxy) is 1. The monoisotopic (exact) mass is 563 g/mol. The van der Waals surface area contributed by atoms with E-state index in [9.17, 15) is 21.2 Å². The van der Waals surface area contributed by atoms with Gasteiger partial charge in [-0.15, -0.1) is 9.19 Å². The van der Waals surface area contributed by atoms with Crippen LogP contribution >= 0.6 is 0 Å². The number of hydrogen-bond acceptors (Lipinski definition) is 10. The zero-order valence-electron chi connectivity index (χ0n) is 20.4. The molecule has 0 spiro atoms. The number of hydrogen-bond donors (Lipinski definition) is 1. The minimum absolute atomic E-state index is 0.0203. The van der Waals surface area contributed by atoms with E-state index in [1.165, 1.54) is 18.5 Å². The molecule has 38 heavy (non-hydrogen) atoms. The first-order chi connectivity index (χ1) is 18.1. The molecule has 1 saturated carbocycles. The molecule has 4 heterocycles. The molecule has 15 heteroatoms. The number of fused-ring (bicyclic) bond motifs is 2. The third-order valence-corrected chi connectivity index (χ3v) is 11.3. The van der Waals surface area contributed by atoms with E-state index in [2.05, 4.69) is 25.4 Å². The maximum atomic E-state index is 14.9. The van der Waals surface area contributed by atoms with Gasteiger partial charge in [0.05, 0.1) is 21.4 Å². The van der Waals surface area contributed by atoms with Crippen molar-refractivity contribution >= 4 is 31.6 Å². The summed E-state index contributed by atoms with van der Waals surface area (Å²) in [6.07, 6.45) is 7.52. The molecule has 12 nitrogen and oxygen atoms in total. The van der Waals surface area contributed by atoms with Crippen LogP contribution in [0.3, 0.4) is 0 Å². The fraction of sp³-hybridized carbons (Fsp3) is 0.478. The van der Waals surface area contributed by atoms with E-state index in [0.717, 1.165) is 44.4 Å². The lowest BCUT2D eigenvalue weighted by atomic mass is 10.0. The van der Waals surface area contributed by atoms with Crippen LogP contribution in [-0.2, 0) is 20.0 Å². The minimum atomic E-state index is -4.07. The molecule has 1 aliphatic carbocycles. The summed E-state index contributed by atoms with van der Waals surface area (Å²) in [4.78, 5) is 11.8. The first kappa shape index (κ1) is 25.1. The molecular formula is C23H26FN7O5S2. The van der Waals surface area contributed by atoms with Crippen molar-refractivity contribution in [3.8, 4) is 5.88 Å². The van der Waals surface area contributed by atoms with Crippen molar-refractivity contribution in [1.29, 1.82) is 0 Å². The molecule has 2 aliphatic heterocycles. The first-order valence-corrected chi connectivity index (χ1v) is 15.3. The fourth-order valence-corrected chi connectivity index (χ4v) is 8.63. The molecule has 0 unspecified atom stereocenters. The van der Waals surface area contributed by atoms with Gasteiger partial charge in [-0.2, -0.15) is 12.7 Å². The highest BCUT2D eigenvalue weighted by Crippen LogP contribution is 2.43. The zero-order valence-corrected chi connectivity index (χ0v) is 22.1. The highest BCUT2D eigenvalue weighted by atomic mass is 32.2. The number of piperidine rings is 1. The van der Waals surface area contributed by atoms with Gasteiger partial charge in [-0.3, -0.25) is 0 Å². The van der Waals surface area contributed by atoms with E-state index >= 15 is 0 Å². The molecule has 2 saturated heterocycles. The largest absolute Gasteiger partial charge is 0.474 e. The van der Waals surface area contributed by atoms with Gasteiger partial charge in [-0.1, -0.05) is 0 Å². The molecular weight excluding hydrogens is 537 g/mol. The zero-order chi connectivity index (χ0) is 26.7. The number of aromatic nitrogens is 5. The van der Waals surface area contributed by atoms with E-state index in [1.807, 2.05) is 0 Å². The van der Waals surface area contributed by atoms with Gasteiger partial charge < -0.3 is 10.1 Å². The lowest BCUT2D eigenvalue weighted by Gasteiger charge is -2.37. The van der Waals surface area contributed by atoms with Crippen LogP contribution in [0.4, 0.5) is 15.9 Å². The van der Waals surface area contributed by atoms with Gasteiger partial charge in [0, 0.05) is 24.9 Å². The Morgan fingerprint density at radius 1 is 1.03 bits per heavy atom. The van der Waals surface area contributed by atoms with E-state index in [-0.39, 0.29) is 34.0 Å². The van der Waals surface area contributed by atoms with Crippen molar-refractivity contribution in [2.75, 3.05) is 5.32 Å². The standard InChI is InChI=1S/C23H26FN7O5S2/c1-14-22(29-21-7-6-19(10-20(21)24)37(32,33)30-13-25-11-28-30)26-12-27-23(14)36-17-8-15-2-3-16(9-17)31(15)38(34,35)18-4-5-18/h6-7,10-13,15-18H,2-5,8-9H2,1H3,(H,26,27,29)/t15-,16-/m0/s1. The third kappa shape index (κ3) is 4.41. The molecule has 202 valence electrons. The van der Waals surface area contributed by atoms with Gasteiger partial charge in [0.25, 0.3) is 10.0 Å². The second-order valence-electron chi connectivity index (χ2n) is 9.86. The van der Waals surface area contributed by atoms with Crippen LogP contribution in [-0.4, -0.2) is 68.7 Å². The molecule has 1 aromatic carbocycles. The average Bonchev–Trinajstić information content (AvgIpc) is 3.52. The van der Waals surface area contributed by atoms with Crippen LogP contribution < -0.4 is 10.1 Å². The Labute approximate surface area is 219 Å². The number of nitrogens with one attached hydrogen (secondary N) is 1. The topological polar surface area (TPSA) is 149 Å². The van der Waals surface area contributed by atoms with E-state index in [0.29, 0.717) is 34.2 Å². The summed E-state index contributed by atoms with van der Waals surface area (Å²) in [5.74, 6) is -0.166. The lowest BCUT2D eigenvalue weighted by Crippen LogP contribution is -2.50. The molecule has 3 aromatic rings. The summed E-state index contributed by atoms with van der Waals surface area (Å²) in [6.45, 7) is 1.74. The Morgan fingerprint density at radius 3 is 2.39 bits per heavy atom. The number of sulfonamides is 1. The molecule has 0 amide bonds. The summed E-state index contributed by atoms with van der Waals surface area (Å²) in [6, 6.07) is 3.33. The summed E-state index contributed by atoms with van der Waals surface area (Å²) in [5.41, 5.74) is 0.568. The van der Waals surface area contributed by atoms with Crippen LogP contribution in [0.2, 0.25) is 0 Å². The van der Waals surface area contributed by atoms with Crippen LogP contribution in [0.5, 0.6) is 5.88 Å². The SMILES string of the molecule is Cc1c(Nc2ccc(S(=O)(=O)n3cncn3)cc2F)ncnc1OC1C[C@@H]2CC[C@@H](C1)N2S(=O)(=O)C1CC1. The fourth-order valence-electron chi connectivity index (χ4n) is 5.29. The molecule has 2 aromatic heterocycles. The second-order valence-corrected chi connectivity index (χ2v) is 13.8. The normalized spacial score (nSPS) is 23.9. The van der Waals surface area contributed by atoms with Crippen molar-refractivity contribution in [2.45, 2.75) is 73.8 Å². The quantitative estimate of drug-likeness (QED) is 0.433. The number of nitrogens with zero attached hydrogens (tertiary/aromatic N) is 6. The number of benzene rings is 1. The number of rotatable bonds is 8. The molecule has 3 fully saturated rings. The van der Waals surface area contributed by atoms with Gasteiger partial charge in [0.15, 0.2) is 0 Å². The van der Waals surface area contributed by atoms with Gasteiger partial charge in [-0.25, -0.2) is 27.8 Å². The highest BCUT2D eigenvalue weighted by molar-refractivity contribution is 7.90. The van der Waals surface area contributed by atoms with Crippen molar-refractivity contribution < 1.29 is 26.0 Å². The van der Waals surface area contributed by atoms with Gasteiger partial charge in [0.2, 0.25) is 15.9 Å².